The van der Waals surface area contributed by atoms with Crippen LogP contribution in [0.15, 0.2) is 28.6 Å². The van der Waals surface area contributed by atoms with E-state index >= 15 is 0 Å². The summed E-state index contributed by atoms with van der Waals surface area (Å²) < 4.78 is 1.95. The summed E-state index contributed by atoms with van der Waals surface area (Å²) in [6.07, 6.45) is 1.84. The van der Waals surface area contributed by atoms with Crippen molar-refractivity contribution >= 4 is 42.3 Å². The third kappa shape index (κ3) is 1.61. The van der Waals surface area contributed by atoms with E-state index in [-0.39, 0.29) is 1.43 Å². The first kappa shape index (κ1) is 9.84. The van der Waals surface area contributed by atoms with Gasteiger partial charge in [0.1, 0.15) is 5.40 Å². The van der Waals surface area contributed by atoms with Gasteiger partial charge in [-0.25, -0.2) is 4.98 Å². The molecule has 1 aromatic heterocycles. The lowest BCUT2D eigenvalue weighted by Gasteiger charge is -2.14. The molecule has 0 aliphatic rings. The van der Waals surface area contributed by atoms with Crippen molar-refractivity contribution in [3.63, 3.8) is 0 Å². The fourth-order valence-corrected chi connectivity index (χ4v) is 3.60. The summed E-state index contributed by atoms with van der Waals surface area (Å²) in [5, 5.41) is 11.2. The highest BCUT2D eigenvalue weighted by Gasteiger charge is 2.19. The van der Waals surface area contributed by atoms with Crippen LogP contribution in [-0.2, 0) is 0 Å². The molecule has 1 heterocycles. The number of hydrogen-bond acceptors (Lipinski definition) is 4. The van der Waals surface area contributed by atoms with Gasteiger partial charge in [-0.05, 0) is 18.4 Å². The van der Waals surface area contributed by atoms with Crippen molar-refractivity contribution in [3.8, 4) is 5.40 Å². The summed E-state index contributed by atoms with van der Waals surface area (Å²) in [6, 6.07) is 7.89. The van der Waals surface area contributed by atoms with Gasteiger partial charge in [0.25, 0.3) is 0 Å². The van der Waals surface area contributed by atoms with E-state index in [1.54, 1.807) is 11.3 Å². The van der Waals surface area contributed by atoms with Gasteiger partial charge >= 0.3 is 1.43 Å². The standard InChI is InChI=1S/C9H8N2S3/c1-14(12,6-10)9-11-7-4-2-3-5-8(7)13-9/h2-5,12H,1H3/p+1. The molecule has 0 bridgehead atoms. The second-order valence-corrected chi connectivity index (χ2v) is 8.71. The van der Waals surface area contributed by atoms with Crippen LogP contribution in [0.25, 0.3) is 10.2 Å². The van der Waals surface area contributed by atoms with E-state index in [0.717, 1.165) is 14.6 Å². The van der Waals surface area contributed by atoms with E-state index in [1.807, 2.05) is 30.5 Å². The van der Waals surface area contributed by atoms with Gasteiger partial charge in [-0.3, -0.25) is 0 Å². The van der Waals surface area contributed by atoms with Crippen LogP contribution in [0.2, 0.25) is 0 Å². The average Bonchev–Trinajstić information content (AvgIpc) is 2.61. The third-order valence-corrected chi connectivity index (χ3v) is 6.13. The van der Waals surface area contributed by atoms with Crippen LogP contribution >= 0.6 is 32.1 Å². The minimum absolute atomic E-state index is 0. The number of thiocyanates is 1. The number of thiazole rings is 1. The Morgan fingerprint density at radius 3 is 2.93 bits per heavy atom. The Morgan fingerprint density at radius 2 is 2.29 bits per heavy atom. The predicted molar refractivity (Wildman–Crippen MR) is 67.1 cm³/mol. The quantitative estimate of drug-likeness (QED) is 0.471. The van der Waals surface area contributed by atoms with Gasteiger partial charge in [-0.1, -0.05) is 21.2 Å². The number of rotatable bonds is 1. The molecule has 0 aliphatic heterocycles. The van der Waals surface area contributed by atoms with E-state index in [9.17, 15) is 0 Å². The third-order valence-electron chi connectivity index (χ3n) is 1.79. The molecule has 1 aromatic carbocycles. The number of nitriles is 1. The molecule has 2 aromatic rings. The van der Waals surface area contributed by atoms with Gasteiger partial charge in [-0.15, -0.1) is 23.0 Å². The second kappa shape index (κ2) is 3.46. The Labute approximate surface area is 94.2 Å². The molecule has 0 amide bonds. The Kier molecular flexibility index (Phi) is 2.43. The highest BCUT2D eigenvalue weighted by atomic mass is 33.1. The molecule has 0 spiro atoms. The maximum absolute atomic E-state index is 8.95. The molecule has 1 unspecified atom stereocenters. The summed E-state index contributed by atoms with van der Waals surface area (Å²) in [6.45, 7) is 0. The molecule has 0 fully saturated rings. The molecule has 5 heteroatoms. The number of thiol groups is 1. The molecule has 0 aliphatic carbocycles. The largest absolute Gasteiger partial charge is 1.00 e. The Hall–Kier alpha value is -0.700. The molecule has 0 radical (unpaired) electrons. The van der Waals surface area contributed by atoms with Crippen molar-refractivity contribution in [2.45, 2.75) is 4.34 Å². The van der Waals surface area contributed by atoms with Gasteiger partial charge < -0.3 is 0 Å². The molecule has 1 atom stereocenters. The van der Waals surface area contributed by atoms with E-state index in [2.05, 4.69) is 22.0 Å². The lowest BCUT2D eigenvalue weighted by molar-refractivity contribution is 1.30. The highest BCUT2D eigenvalue weighted by Crippen LogP contribution is 2.57. The number of nitrogens with zero attached hydrogens (tertiary/aromatic N) is 2. The molecule has 2 nitrogen and oxygen atoms in total. The van der Waals surface area contributed by atoms with Crippen molar-refractivity contribution in [1.82, 2.24) is 4.98 Å². The second-order valence-electron chi connectivity index (χ2n) is 2.91. The first-order valence-corrected chi connectivity index (χ1v) is 7.82. The maximum atomic E-state index is 8.95. The molecule has 72 valence electrons. The SMILES string of the molecule is CS(S)(C#N)c1nc2ccccc2s1.[H+]. The van der Waals surface area contributed by atoms with Gasteiger partial charge in [0, 0.05) is 0 Å². The summed E-state index contributed by atoms with van der Waals surface area (Å²) in [5.41, 5.74) is 0.954. The van der Waals surface area contributed by atoms with Crippen LogP contribution in [0.1, 0.15) is 1.43 Å². The summed E-state index contributed by atoms with van der Waals surface area (Å²) in [5.74, 6) is 0. The Morgan fingerprint density at radius 1 is 1.57 bits per heavy atom. The zero-order valence-corrected chi connectivity index (χ0v) is 9.99. The van der Waals surface area contributed by atoms with Crippen molar-refractivity contribution in [2.75, 3.05) is 6.26 Å². The fraction of sp³-hybridized carbons (Fsp3) is 0.111. The predicted octanol–water partition coefficient (Wildman–Crippen LogP) is 3.53. The Bertz CT molecular complexity index is 482. The lowest BCUT2D eigenvalue weighted by Crippen LogP contribution is -1.83. The number of hydrogen-bond donors (Lipinski definition) is 1. The van der Waals surface area contributed by atoms with Crippen LogP contribution in [0, 0.1) is 10.7 Å². The first-order valence-electron chi connectivity index (χ1n) is 3.91. The summed E-state index contributed by atoms with van der Waals surface area (Å²) >= 11 is 5.91. The molecule has 2 rings (SSSR count). The summed E-state index contributed by atoms with van der Waals surface area (Å²) in [4.78, 5) is 4.41. The minimum Gasteiger partial charge on any atom is -0.229 e. The van der Waals surface area contributed by atoms with E-state index in [1.165, 1.54) is 0 Å². The van der Waals surface area contributed by atoms with E-state index in [4.69, 9.17) is 5.26 Å². The maximum Gasteiger partial charge on any atom is 1.00 e. The molecule has 0 saturated carbocycles. The topological polar surface area (TPSA) is 36.7 Å². The lowest BCUT2D eigenvalue weighted by atomic mass is 10.3. The number of para-hydroxylation sites is 1. The van der Waals surface area contributed by atoms with Crippen LogP contribution in [0.5, 0.6) is 0 Å². The van der Waals surface area contributed by atoms with E-state index in [0.29, 0.717) is 0 Å². The van der Waals surface area contributed by atoms with Gasteiger partial charge in [-0.2, -0.15) is 5.26 Å². The fourth-order valence-electron chi connectivity index (χ4n) is 1.06. The first-order chi connectivity index (χ1) is 6.63. The molecule has 14 heavy (non-hydrogen) atoms. The van der Waals surface area contributed by atoms with Crippen molar-refractivity contribution in [3.05, 3.63) is 24.3 Å². The van der Waals surface area contributed by atoms with Gasteiger partial charge in [0.05, 0.1) is 10.2 Å². The van der Waals surface area contributed by atoms with Crippen molar-refractivity contribution in [1.29, 1.82) is 5.26 Å². The molecular formula is C9H9N2S3+. The molecule has 0 N–H and O–H groups in total. The summed E-state index contributed by atoms with van der Waals surface area (Å²) in [7, 11) is -1.65. The molecular weight excluding hydrogens is 232 g/mol. The van der Waals surface area contributed by atoms with Crippen LogP contribution in [0.3, 0.4) is 0 Å². The minimum atomic E-state index is -1.65. The molecule has 0 saturated heterocycles. The monoisotopic (exact) mass is 241 g/mol. The number of benzene rings is 1. The van der Waals surface area contributed by atoms with Crippen LogP contribution < -0.4 is 0 Å². The van der Waals surface area contributed by atoms with Crippen molar-refractivity contribution in [2.24, 2.45) is 0 Å². The van der Waals surface area contributed by atoms with E-state index < -0.39 is 9.06 Å². The smallest absolute Gasteiger partial charge is 0.229 e. The Balaban J connectivity index is 0.00000112. The van der Waals surface area contributed by atoms with Crippen molar-refractivity contribution < 1.29 is 1.43 Å². The van der Waals surface area contributed by atoms with Gasteiger partial charge in [0.2, 0.25) is 0 Å². The normalized spacial score (nSPS) is 17.2. The zero-order valence-electron chi connectivity index (χ0n) is 8.47. The highest BCUT2D eigenvalue weighted by molar-refractivity contribution is 8.90. The van der Waals surface area contributed by atoms with Crippen LogP contribution in [-0.4, -0.2) is 11.2 Å². The number of aromatic nitrogens is 1. The zero-order chi connectivity index (χ0) is 10.2. The number of fused-ring (bicyclic) bond motifs is 1. The average molecular weight is 241 g/mol. The van der Waals surface area contributed by atoms with Crippen LogP contribution in [0.4, 0.5) is 0 Å². The van der Waals surface area contributed by atoms with Gasteiger partial charge in [0.15, 0.2) is 4.34 Å².